The third-order valence-corrected chi connectivity index (χ3v) is 7.52. The first-order valence-corrected chi connectivity index (χ1v) is 10.4. The molecule has 8 nitrogen and oxygen atoms in total. The number of nitrogen functional groups attached to an aromatic ring is 1. The topological polar surface area (TPSA) is 118 Å². The molecule has 3 N–H and O–H groups in total. The normalized spacial score (nSPS) is 19.8. The molecule has 4 rings (SSSR count). The van der Waals surface area contributed by atoms with Gasteiger partial charge in [0.2, 0.25) is 16.0 Å². The SMILES string of the molecule is Nc1nc(-c2c[nH]cn2)c(C(F)(F)F)c(C2CCN(S(=O)(=O)C3CC3)CC2)n1. The van der Waals surface area contributed by atoms with Crippen molar-refractivity contribution < 1.29 is 21.6 Å². The van der Waals surface area contributed by atoms with Crippen LogP contribution in [-0.4, -0.2) is 51.0 Å². The minimum absolute atomic E-state index is 0.0245. The Hall–Kier alpha value is -2.21. The molecule has 0 amide bonds. The maximum atomic E-state index is 13.9. The fourth-order valence-corrected chi connectivity index (χ4v) is 5.48. The number of hydrogen-bond acceptors (Lipinski definition) is 6. The van der Waals surface area contributed by atoms with Gasteiger partial charge in [-0.25, -0.2) is 27.7 Å². The van der Waals surface area contributed by atoms with Crippen molar-refractivity contribution in [3.05, 3.63) is 23.8 Å². The van der Waals surface area contributed by atoms with Gasteiger partial charge in [-0.05, 0) is 25.7 Å². The Morgan fingerprint density at radius 2 is 1.82 bits per heavy atom. The summed E-state index contributed by atoms with van der Waals surface area (Å²) in [6.07, 6.45) is -0.349. The lowest BCUT2D eigenvalue weighted by molar-refractivity contribution is -0.138. The van der Waals surface area contributed by atoms with Gasteiger partial charge in [0.1, 0.15) is 17.0 Å². The Kier molecular flexibility index (Phi) is 4.57. The standard InChI is InChI=1S/C16H19F3N6O2S/c17-16(18,19)12-13(23-15(20)24-14(12)11-7-21-8-22-11)9-3-5-25(6-4-9)28(26,27)10-1-2-10/h7-10H,1-6H2,(H,21,22)(H2,20,23,24). The first kappa shape index (κ1) is 19.1. The fourth-order valence-electron chi connectivity index (χ4n) is 3.61. The number of piperidine rings is 1. The summed E-state index contributed by atoms with van der Waals surface area (Å²) < 4.78 is 67.8. The molecule has 1 aliphatic heterocycles. The summed E-state index contributed by atoms with van der Waals surface area (Å²) in [7, 11) is -3.35. The van der Waals surface area contributed by atoms with E-state index in [-0.39, 0.29) is 54.2 Å². The number of anilines is 1. The molecule has 0 radical (unpaired) electrons. The molecular formula is C16H19F3N6O2S. The van der Waals surface area contributed by atoms with E-state index >= 15 is 0 Å². The predicted molar refractivity (Wildman–Crippen MR) is 94.5 cm³/mol. The third kappa shape index (κ3) is 3.46. The predicted octanol–water partition coefficient (Wildman–Crippen LogP) is 2.14. The first-order valence-electron chi connectivity index (χ1n) is 8.90. The van der Waals surface area contributed by atoms with Crippen molar-refractivity contribution in [3.8, 4) is 11.4 Å². The van der Waals surface area contributed by atoms with Crippen LogP contribution >= 0.6 is 0 Å². The number of nitrogens with one attached hydrogen (secondary N) is 1. The average molecular weight is 416 g/mol. The van der Waals surface area contributed by atoms with Crippen LogP contribution in [0.25, 0.3) is 11.4 Å². The molecule has 12 heteroatoms. The third-order valence-electron chi connectivity index (χ3n) is 5.12. The maximum Gasteiger partial charge on any atom is 0.420 e. The summed E-state index contributed by atoms with van der Waals surface area (Å²) in [4.78, 5) is 14.2. The number of nitrogens with zero attached hydrogens (tertiary/aromatic N) is 4. The molecular weight excluding hydrogens is 397 g/mol. The molecule has 2 aliphatic rings. The molecule has 152 valence electrons. The number of sulfonamides is 1. The first-order chi connectivity index (χ1) is 13.2. The molecule has 28 heavy (non-hydrogen) atoms. The van der Waals surface area contributed by atoms with Gasteiger partial charge in [0.15, 0.2) is 0 Å². The molecule has 1 saturated heterocycles. The van der Waals surface area contributed by atoms with Crippen molar-refractivity contribution in [1.29, 1.82) is 0 Å². The summed E-state index contributed by atoms with van der Waals surface area (Å²) in [5.41, 5.74) is 4.19. The minimum atomic E-state index is -4.70. The van der Waals surface area contributed by atoms with E-state index < -0.39 is 27.7 Å². The number of alkyl halides is 3. The van der Waals surface area contributed by atoms with Gasteiger partial charge in [-0.1, -0.05) is 0 Å². The highest BCUT2D eigenvalue weighted by Gasteiger charge is 2.44. The number of halogens is 3. The highest BCUT2D eigenvalue weighted by Crippen LogP contribution is 2.43. The number of aromatic nitrogens is 4. The second-order valence-corrected chi connectivity index (χ2v) is 9.27. The van der Waals surface area contributed by atoms with Gasteiger partial charge >= 0.3 is 6.18 Å². The van der Waals surface area contributed by atoms with Crippen LogP contribution in [0.3, 0.4) is 0 Å². The lowest BCUT2D eigenvalue weighted by Gasteiger charge is -2.32. The van der Waals surface area contributed by atoms with Crippen LogP contribution in [0.15, 0.2) is 12.5 Å². The highest BCUT2D eigenvalue weighted by molar-refractivity contribution is 7.90. The Balaban J connectivity index is 1.68. The average Bonchev–Trinajstić information content (AvgIpc) is 3.36. The van der Waals surface area contributed by atoms with Crippen LogP contribution in [0.2, 0.25) is 0 Å². The molecule has 0 aromatic carbocycles. The van der Waals surface area contributed by atoms with Crippen molar-refractivity contribution in [2.45, 2.75) is 43.0 Å². The van der Waals surface area contributed by atoms with Gasteiger partial charge in [-0.3, -0.25) is 0 Å². The van der Waals surface area contributed by atoms with Gasteiger partial charge < -0.3 is 10.7 Å². The van der Waals surface area contributed by atoms with E-state index in [0.29, 0.717) is 12.8 Å². The van der Waals surface area contributed by atoms with Gasteiger partial charge in [0, 0.05) is 25.2 Å². The molecule has 0 bridgehead atoms. The van der Waals surface area contributed by atoms with Crippen LogP contribution < -0.4 is 5.73 Å². The zero-order valence-electron chi connectivity index (χ0n) is 14.8. The van der Waals surface area contributed by atoms with E-state index in [0.717, 1.165) is 0 Å². The van der Waals surface area contributed by atoms with E-state index in [1.165, 1.54) is 16.8 Å². The van der Waals surface area contributed by atoms with Gasteiger partial charge in [-0.15, -0.1) is 0 Å². The van der Waals surface area contributed by atoms with Crippen molar-refractivity contribution in [2.75, 3.05) is 18.8 Å². The van der Waals surface area contributed by atoms with E-state index in [2.05, 4.69) is 19.9 Å². The Labute approximate surface area is 159 Å². The molecule has 1 saturated carbocycles. The second-order valence-electron chi connectivity index (χ2n) is 7.06. The lowest BCUT2D eigenvalue weighted by Crippen LogP contribution is -2.40. The van der Waals surface area contributed by atoms with Crippen molar-refractivity contribution in [3.63, 3.8) is 0 Å². The number of rotatable bonds is 4. The summed E-state index contributed by atoms with van der Waals surface area (Å²) >= 11 is 0. The maximum absolute atomic E-state index is 13.9. The van der Waals surface area contributed by atoms with Gasteiger partial charge in [-0.2, -0.15) is 13.2 Å². The highest BCUT2D eigenvalue weighted by atomic mass is 32.2. The van der Waals surface area contributed by atoms with E-state index in [4.69, 9.17) is 5.73 Å². The molecule has 2 aromatic rings. The Morgan fingerprint density at radius 3 is 2.36 bits per heavy atom. The smallest absolute Gasteiger partial charge is 0.368 e. The van der Waals surface area contributed by atoms with Crippen LogP contribution in [-0.2, 0) is 16.2 Å². The van der Waals surface area contributed by atoms with E-state index in [9.17, 15) is 21.6 Å². The van der Waals surface area contributed by atoms with Crippen LogP contribution in [0.5, 0.6) is 0 Å². The van der Waals surface area contributed by atoms with Crippen LogP contribution in [0.4, 0.5) is 19.1 Å². The zero-order valence-corrected chi connectivity index (χ0v) is 15.6. The summed E-state index contributed by atoms with van der Waals surface area (Å²) in [5, 5.41) is -0.337. The van der Waals surface area contributed by atoms with Crippen LogP contribution in [0, 0.1) is 0 Å². The number of hydrogen-bond donors (Lipinski definition) is 2. The monoisotopic (exact) mass is 416 g/mol. The fraction of sp³-hybridized carbons (Fsp3) is 0.562. The number of nitrogens with two attached hydrogens (primary N) is 1. The summed E-state index contributed by atoms with van der Waals surface area (Å²) in [6.45, 7) is 0.338. The van der Waals surface area contributed by atoms with E-state index in [1.54, 1.807) is 0 Å². The van der Waals surface area contributed by atoms with Crippen LogP contribution in [0.1, 0.15) is 42.9 Å². The largest absolute Gasteiger partial charge is 0.420 e. The Morgan fingerprint density at radius 1 is 1.14 bits per heavy atom. The van der Waals surface area contributed by atoms with Crippen molar-refractivity contribution in [1.82, 2.24) is 24.2 Å². The van der Waals surface area contributed by atoms with Gasteiger partial charge in [0.05, 0.1) is 17.3 Å². The van der Waals surface area contributed by atoms with Crippen molar-refractivity contribution >= 4 is 16.0 Å². The lowest BCUT2D eigenvalue weighted by atomic mass is 9.90. The molecule has 0 atom stereocenters. The molecule has 3 heterocycles. The quantitative estimate of drug-likeness (QED) is 0.788. The second kappa shape index (κ2) is 6.69. The molecule has 2 aromatic heterocycles. The Bertz CT molecular complexity index is 965. The summed E-state index contributed by atoms with van der Waals surface area (Å²) in [6, 6.07) is 0. The van der Waals surface area contributed by atoms with Gasteiger partial charge in [0.25, 0.3) is 0 Å². The molecule has 1 aliphatic carbocycles. The molecule has 2 fully saturated rings. The molecule has 0 unspecified atom stereocenters. The minimum Gasteiger partial charge on any atom is -0.368 e. The van der Waals surface area contributed by atoms with E-state index in [1.807, 2.05) is 0 Å². The zero-order chi connectivity index (χ0) is 20.1. The number of imidazole rings is 1. The molecule has 0 spiro atoms. The number of aromatic amines is 1. The van der Waals surface area contributed by atoms with Crippen molar-refractivity contribution in [2.24, 2.45) is 0 Å². The number of H-pyrrole nitrogens is 1. The summed E-state index contributed by atoms with van der Waals surface area (Å²) in [5.74, 6) is -0.834.